The monoisotopic (exact) mass is 347 g/mol. The number of hydrogen-bond acceptors (Lipinski definition) is 4. The number of halogens is 2. The highest BCUT2D eigenvalue weighted by atomic mass is 35.5. The molecule has 1 heterocycles. The summed E-state index contributed by atoms with van der Waals surface area (Å²) >= 11 is 11.9. The standard InChI is InChI=1S/C15H19Cl2NO4/c1-18(6-10-7-22-8-13(19)15(10)21)14(20)4-9-2-3-11(16)5-12(9)17/h2-3,5,10,13,15,19,21H,4,6-8H2,1H3/t10-,13-,15+/m1/s1. The van der Waals surface area contributed by atoms with E-state index in [1.54, 1.807) is 25.2 Å². The van der Waals surface area contributed by atoms with Crippen molar-refractivity contribution in [1.82, 2.24) is 4.90 Å². The number of aliphatic hydroxyl groups is 2. The van der Waals surface area contributed by atoms with Crippen LogP contribution in [-0.4, -0.2) is 60.0 Å². The first kappa shape index (κ1) is 17.5. The quantitative estimate of drug-likeness (QED) is 0.862. The van der Waals surface area contributed by atoms with Gasteiger partial charge in [-0.15, -0.1) is 0 Å². The van der Waals surface area contributed by atoms with Gasteiger partial charge >= 0.3 is 0 Å². The van der Waals surface area contributed by atoms with Crippen LogP contribution in [0.25, 0.3) is 0 Å². The Morgan fingerprint density at radius 3 is 2.77 bits per heavy atom. The maximum Gasteiger partial charge on any atom is 0.226 e. The number of carbonyl (C=O) groups excluding carboxylic acids is 1. The summed E-state index contributed by atoms with van der Waals surface area (Å²) in [6, 6.07) is 5.00. The third kappa shape index (κ3) is 4.33. The average molecular weight is 348 g/mol. The normalized spacial score (nSPS) is 25.0. The van der Waals surface area contributed by atoms with Crippen LogP contribution in [-0.2, 0) is 16.0 Å². The number of benzene rings is 1. The third-order valence-electron chi connectivity index (χ3n) is 3.79. The van der Waals surface area contributed by atoms with Crippen LogP contribution in [0.15, 0.2) is 18.2 Å². The molecule has 22 heavy (non-hydrogen) atoms. The Morgan fingerprint density at radius 1 is 1.36 bits per heavy atom. The number of ether oxygens (including phenoxy) is 1. The fourth-order valence-electron chi connectivity index (χ4n) is 2.43. The van der Waals surface area contributed by atoms with Crippen molar-refractivity contribution < 1.29 is 19.7 Å². The summed E-state index contributed by atoms with van der Waals surface area (Å²) in [5, 5.41) is 20.5. The first-order chi connectivity index (χ1) is 10.4. The number of nitrogens with zero attached hydrogens (tertiary/aromatic N) is 1. The summed E-state index contributed by atoms with van der Waals surface area (Å²) in [6.07, 6.45) is -1.64. The van der Waals surface area contributed by atoms with Crippen molar-refractivity contribution in [2.75, 3.05) is 26.8 Å². The number of aliphatic hydroxyl groups excluding tert-OH is 2. The van der Waals surface area contributed by atoms with Crippen molar-refractivity contribution in [3.05, 3.63) is 33.8 Å². The molecule has 1 aromatic carbocycles. The second kappa shape index (κ2) is 7.62. The Labute approximate surface area is 139 Å². The number of rotatable bonds is 4. The largest absolute Gasteiger partial charge is 0.390 e. The molecule has 0 radical (unpaired) electrons. The Kier molecular flexibility index (Phi) is 6.06. The molecule has 122 valence electrons. The molecule has 1 fully saturated rings. The van der Waals surface area contributed by atoms with Gasteiger partial charge in [0.25, 0.3) is 0 Å². The molecule has 0 aliphatic carbocycles. The topological polar surface area (TPSA) is 70.0 Å². The van der Waals surface area contributed by atoms with Crippen LogP contribution >= 0.6 is 23.2 Å². The van der Waals surface area contributed by atoms with Gasteiger partial charge in [0.1, 0.15) is 6.10 Å². The van der Waals surface area contributed by atoms with Crippen LogP contribution < -0.4 is 0 Å². The lowest BCUT2D eigenvalue weighted by Crippen LogP contribution is -2.49. The summed E-state index contributed by atoms with van der Waals surface area (Å²) in [4.78, 5) is 13.8. The molecule has 0 spiro atoms. The molecule has 5 nitrogen and oxygen atoms in total. The Hall–Kier alpha value is -0.850. The van der Waals surface area contributed by atoms with Crippen molar-refractivity contribution >= 4 is 29.1 Å². The highest BCUT2D eigenvalue weighted by molar-refractivity contribution is 6.35. The minimum atomic E-state index is -0.909. The van der Waals surface area contributed by atoms with Crippen molar-refractivity contribution in [2.24, 2.45) is 5.92 Å². The van der Waals surface area contributed by atoms with Crippen LogP contribution in [0.2, 0.25) is 10.0 Å². The van der Waals surface area contributed by atoms with Crippen LogP contribution in [0.1, 0.15) is 5.56 Å². The van der Waals surface area contributed by atoms with Gasteiger partial charge in [0.15, 0.2) is 0 Å². The lowest BCUT2D eigenvalue weighted by atomic mass is 9.96. The molecular formula is C15H19Cl2NO4. The molecule has 1 aromatic rings. The molecule has 3 atom stereocenters. The fraction of sp³-hybridized carbons (Fsp3) is 0.533. The summed E-state index contributed by atoms with van der Waals surface area (Å²) in [7, 11) is 1.65. The number of amides is 1. The molecule has 1 amide bonds. The number of carbonyl (C=O) groups is 1. The predicted octanol–water partition coefficient (Wildman–Crippen LogP) is 1.36. The Morgan fingerprint density at radius 2 is 2.09 bits per heavy atom. The van der Waals surface area contributed by atoms with Gasteiger partial charge in [-0.05, 0) is 17.7 Å². The van der Waals surface area contributed by atoms with Gasteiger partial charge in [0, 0.05) is 29.6 Å². The lowest BCUT2D eigenvalue weighted by Gasteiger charge is -2.34. The molecule has 7 heteroatoms. The van der Waals surface area contributed by atoms with Gasteiger partial charge in [0.05, 0.1) is 25.7 Å². The van der Waals surface area contributed by atoms with Gasteiger partial charge in [-0.3, -0.25) is 4.79 Å². The zero-order valence-corrected chi connectivity index (χ0v) is 13.7. The summed E-state index contributed by atoms with van der Waals surface area (Å²) in [6.45, 7) is 0.746. The lowest BCUT2D eigenvalue weighted by molar-refractivity contribution is -0.139. The van der Waals surface area contributed by atoms with E-state index < -0.39 is 12.2 Å². The van der Waals surface area contributed by atoms with E-state index in [0.717, 1.165) is 0 Å². The maximum absolute atomic E-state index is 12.3. The van der Waals surface area contributed by atoms with E-state index in [-0.39, 0.29) is 24.9 Å². The molecule has 0 unspecified atom stereocenters. The van der Waals surface area contributed by atoms with Crippen molar-refractivity contribution in [2.45, 2.75) is 18.6 Å². The number of hydrogen-bond donors (Lipinski definition) is 2. The maximum atomic E-state index is 12.3. The zero-order valence-electron chi connectivity index (χ0n) is 12.2. The van der Waals surface area contributed by atoms with E-state index >= 15 is 0 Å². The van der Waals surface area contributed by atoms with Crippen LogP contribution in [0.4, 0.5) is 0 Å². The van der Waals surface area contributed by atoms with Gasteiger partial charge < -0.3 is 19.8 Å². The van der Waals surface area contributed by atoms with E-state index in [9.17, 15) is 15.0 Å². The van der Waals surface area contributed by atoms with Crippen molar-refractivity contribution in [3.8, 4) is 0 Å². The van der Waals surface area contributed by atoms with E-state index in [4.69, 9.17) is 27.9 Å². The molecule has 0 aromatic heterocycles. The van der Waals surface area contributed by atoms with Crippen LogP contribution in [0, 0.1) is 5.92 Å². The predicted molar refractivity (Wildman–Crippen MR) is 84.1 cm³/mol. The van der Waals surface area contributed by atoms with E-state index in [1.165, 1.54) is 4.90 Å². The summed E-state index contributed by atoms with van der Waals surface area (Å²) in [5.74, 6) is -0.435. The van der Waals surface area contributed by atoms with Gasteiger partial charge in [0.2, 0.25) is 5.91 Å². The summed E-state index contributed by atoms with van der Waals surface area (Å²) < 4.78 is 5.21. The average Bonchev–Trinajstić information content (AvgIpc) is 2.46. The molecule has 0 bridgehead atoms. The smallest absolute Gasteiger partial charge is 0.226 e. The summed E-state index contributed by atoms with van der Waals surface area (Å²) in [5.41, 5.74) is 0.698. The Bertz CT molecular complexity index is 540. The second-order valence-electron chi connectivity index (χ2n) is 5.54. The first-order valence-corrected chi connectivity index (χ1v) is 7.76. The molecule has 1 aliphatic heterocycles. The SMILES string of the molecule is CN(C[C@@H]1COC[C@@H](O)[C@H]1O)C(=O)Cc1ccc(Cl)cc1Cl. The molecule has 2 N–H and O–H groups in total. The minimum Gasteiger partial charge on any atom is -0.390 e. The minimum absolute atomic E-state index is 0.121. The van der Waals surface area contributed by atoms with E-state index in [1.807, 2.05) is 0 Å². The first-order valence-electron chi connectivity index (χ1n) is 7.00. The highest BCUT2D eigenvalue weighted by Gasteiger charge is 2.32. The fourth-order valence-corrected chi connectivity index (χ4v) is 2.90. The molecule has 0 saturated carbocycles. The van der Waals surface area contributed by atoms with Crippen LogP contribution in [0.3, 0.4) is 0 Å². The third-order valence-corrected chi connectivity index (χ3v) is 4.38. The van der Waals surface area contributed by atoms with Crippen LogP contribution in [0.5, 0.6) is 0 Å². The number of likely N-dealkylation sites (N-methyl/N-ethyl adjacent to an activating group) is 1. The van der Waals surface area contributed by atoms with Crippen molar-refractivity contribution in [1.29, 1.82) is 0 Å². The zero-order chi connectivity index (χ0) is 16.3. The molecule has 2 rings (SSSR count). The molecule has 1 saturated heterocycles. The molecular weight excluding hydrogens is 329 g/mol. The molecule has 1 aliphatic rings. The highest BCUT2D eigenvalue weighted by Crippen LogP contribution is 2.22. The van der Waals surface area contributed by atoms with Crippen molar-refractivity contribution in [3.63, 3.8) is 0 Å². The van der Waals surface area contributed by atoms with Gasteiger partial charge in [-0.1, -0.05) is 29.3 Å². The second-order valence-corrected chi connectivity index (χ2v) is 6.39. The Balaban J connectivity index is 1.94. The van der Waals surface area contributed by atoms with Gasteiger partial charge in [-0.2, -0.15) is 0 Å². The van der Waals surface area contributed by atoms with E-state index in [0.29, 0.717) is 28.8 Å². The van der Waals surface area contributed by atoms with Gasteiger partial charge in [-0.25, -0.2) is 0 Å². The van der Waals surface area contributed by atoms with E-state index in [2.05, 4.69) is 0 Å².